The third-order valence-electron chi connectivity index (χ3n) is 3.02. The highest BCUT2D eigenvalue weighted by molar-refractivity contribution is 6.48. The third kappa shape index (κ3) is 3.94. The van der Waals surface area contributed by atoms with Crippen molar-refractivity contribution in [1.82, 2.24) is 5.16 Å². The Bertz CT molecular complexity index is 844. The Hall–Kier alpha value is -2.36. The van der Waals surface area contributed by atoms with E-state index < -0.39 is 5.78 Å². The third-order valence-corrected chi connectivity index (χ3v) is 3.84. The lowest BCUT2D eigenvalue weighted by Gasteiger charge is -2.11. The molecule has 0 unspecified atom stereocenters. The van der Waals surface area contributed by atoms with E-state index >= 15 is 0 Å². The number of benzene rings is 1. The Kier molecular flexibility index (Phi) is 5.27. The van der Waals surface area contributed by atoms with Gasteiger partial charge in [-0.15, -0.1) is 0 Å². The second kappa shape index (κ2) is 7.04. The Balaban J connectivity index is 2.25. The number of nitrogens with one attached hydrogen (secondary N) is 1. The molecule has 0 radical (unpaired) electrons. The van der Waals surface area contributed by atoms with Crippen LogP contribution in [-0.4, -0.2) is 16.8 Å². The number of halogens is 2. The second-order valence-electron chi connectivity index (χ2n) is 5.92. The molecule has 2 rings (SSSR count). The van der Waals surface area contributed by atoms with Crippen molar-refractivity contribution in [2.75, 3.05) is 5.43 Å². The van der Waals surface area contributed by atoms with Gasteiger partial charge in [0.15, 0.2) is 0 Å². The lowest BCUT2D eigenvalue weighted by molar-refractivity contribution is 0.105. The van der Waals surface area contributed by atoms with Gasteiger partial charge in [-0.3, -0.25) is 4.79 Å². The fourth-order valence-corrected chi connectivity index (χ4v) is 2.02. The number of hydrogen-bond acceptors (Lipinski definition) is 5. The minimum absolute atomic E-state index is 0.0219. The molecule has 0 saturated heterocycles. The molecule has 0 fully saturated rings. The van der Waals surface area contributed by atoms with E-state index in [4.69, 9.17) is 34.3 Å². The van der Waals surface area contributed by atoms with Crippen LogP contribution >= 0.6 is 23.2 Å². The normalized spacial score (nSPS) is 11.9. The predicted molar refractivity (Wildman–Crippen MR) is 93.7 cm³/mol. The molecule has 1 aromatic heterocycles. The smallest absolute Gasteiger partial charge is 0.343 e. The van der Waals surface area contributed by atoms with E-state index in [1.165, 1.54) is 6.07 Å². The van der Waals surface area contributed by atoms with Gasteiger partial charge in [-0.2, -0.15) is 0 Å². The van der Waals surface area contributed by atoms with E-state index in [9.17, 15) is 4.79 Å². The van der Waals surface area contributed by atoms with Crippen molar-refractivity contribution in [2.24, 2.45) is 5.10 Å². The molecule has 124 valence electrons. The van der Waals surface area contributed by atoms with Crippen molar-refractivity contribution >= 4 is 40.5 Å². The van der Waals surface area contributed by atoms with Crippen LogP contribution in [0.15, 0.2) is 33.9 Å². The minimum Gasteiger partial charge on any atom is -0.360 e. The maximum Gasteiger partial charge on any atom is 0.343 e. The molecule has 0 spiro atoms. The summed E-state index contributed by atoms with van der Waals surface area (Å²) < 4.78 is 5.15. The zero-order valence-corrected chi connectivity index (χ0v) is 14.7. The number of hydrazone groups is 1. The number of carbonyl (C=O) groups is 1. The minimum atomic E-state index is -0.644. The number of ketones is 1. The van der Waals surface area contributed by atoms with Crippen molar-refractivity contribution in [3.63, 3.8) is 0 Å². The van der Waals surface area contributed by atoms with Crippen molar-refractivity contribution in [1.29, 1.82) is 0 Å². The topological polar surface area (TPSA) is 71.8 Å². The molecule has 0 aliphatic carbocycles. The maximum atomic E-state index is 12.3. The van der Waals surface area contributed by atoms with Gasteiger partial charge in [0, 0.05) is 11.5 Å². The second-order valence-corrected chi connectivity index (χ2v) is 6.70. The average molecular weight is 365 g/mol. The van der Waals surface area contributed by atoms with Crippen LogP contribution in [0.5, 0.6) is 0 Å². The first kappa shape index (κ1) is 18.0. The zero-order valence-electron chi connectivity index (χ0n) is 13.2. The Labute approximate surface area is 149 Å². The predicted octanol–water partition coefficient (Wildman–Crippen LogP) is 4.81. The number of anilines is 1. The molecule has 1 heterocycles. The monoisotopic (exact) mass is 364 g/mol. The number of hydrogen-bond donors (Lipinski definition) is 1. The molecule has 0 atom stereocenters. The summed E-state index contributed by atoms with van der Waals surface area (Å²) in [5, 5.41) is 8.09. The number of carbonyl (C=O) groups excluding carboxylic acids is 1. The van der Waals surface area contributed by atoms with E-state index in [1.807, 2.05) is 20.8 Å². The number of aromatic nitrogens is 1. The van der Waals surface area contributed by atoms with E-state index in [0.717, 1.165) is 0 Å². The van der Waals surface area contributed by atoms with E-state index in [0.29, 0.717) is 16.5 Å². The van der Waals surface area contributed by atoms with Gasteiger partial charge in [0.2, 0.25) is 5.78 Å². The number of nitrogens with zero attached hydrogens (tertiary/aromatic N) is 3. The maximum absolute atomic E-state index is 12.3. The fourth-order valence-electron chi connectivity index (χ4n) is 1.68. The molecular formula is C16H14Cl2N4O2. The Morgan fingerprint density at radius 3 is 2.67 bits per heavy atom. The summed E-state index contributed by atoms with van der Waals surface area (Å²) >= 11 is 11.9. The fraction of sp³-hybridized carbons (Fsp3) is 0.250. The Morgan fingerprint density at radius 2 is 2.08 bits per heavy atom. The van der Waals surface area contributed by atoms with Crippen LogP contribution in [0.3, 0.4) is 0 Å². The van der Waals surface area contributed by atoms with Gasteiger partial charge in [0.25, 0.3) is 0 Å². The summed E-state index contributed by atoms with van der Waals surface area (Å²) in [5.74, 6) is -0.490. The average Bonchev–Trinajstić information content (AvgIpc) is 3.01. The lowest BCUT2D eigenvalue weighted by atomic mass is 9.93. The summed E-state index contributed by atoms with van der Waals surface area (Å²) in [6.45, 7) is 12.9. The summed E-state index contributed by atoms with van der Waals surface area (Å²) in [4.78, 5) is 15.5. The van der Waals surface area contributed by atoms with Crippen LogP contribution in [-0.2, 0) is 5.41 Å². The first-order chi connectivity index (χ1) is 11.2. The van der Waals surface area contributed by atoms with Gasteiger partial charge in [-0.25, -0.2) is 5.43 Å². The Morgan fingerprint density at radius 1 is 1.38 bits per heavy atom. The molecule has 1 aromatic carbocycles. The number of amidine groups is 1. The molecule has 24 heavy (non-hydrogen) atoms. The highest BCUT2D eigenvalue weighted by atomic mass is 35.5. The van der Waals surface area contributed by atoms with Crippen LogP contribution < -0.4 is 5.43 Å². The van der Waals surface area contributed by atoms with Gasteiger partial charge >= 0.3 is 5.84 Å². The van der Waals surface area contributed by atoms with Crippen molar-refractivity contribution in [3.05, 3.63) is 57.2 Å². The largest absolute Gasteiger partial charge is 0.360 e. The molecule has 2 aromatic rings. The van der Waals surface area contributed by atoms with Crippen molar-refractivity contribution < 1.29 is 9.32 Å². The highest BCUT2D eigenvalue weighted by Gasteiger charge is 2.25. The number of Topliss-reactive ketones (excluding diaryl/α,β-unsaturated/α-hetero) is 1. The van der Waals surface area contributed by atoms with Gasteiger partial charge in [0.1, 0.15) is 11.5 Å². The molecule has 8 heteroatoms. The molecule has 0 aliphatic heterocycles. The van der Waals surface area contributed by atoms with Gasteiger partial charge in [-0.1, -0.05) is 61.8 Å². The molecular weight excluding hydrogens is 351 g/mol. The first-order valence-electron chi connectivity index (χ1n) is 6.91. The van der Waals surface area contributed by atoms with E-state index in [2.05, 4.69) is 20.5 Å². The van der Waals surface area contributed by atoms with Gasteiger partial charge in [0.05, 0.1) is 15.7 Å². The summed E-state index contributed by atoms with van der Waals surface area (Å²) in [6, 6.07) is 6.41. The van der Waals surface area contributed by atoms with E-state index in [-0.39, 0.29) is 22.0 Å². The zero-order chi connectivity index (χ0) is 17.9. The van der Waals surface area contributed by atoms with Crippen LogP contribution in [0, 0.1) is 6.57 Å². The lowest BCUT2D eigenvalue weighted by Crippen LogP contribution is -2.13. The standard InChI is InChI=1S/C16H14Cl2N4O2/c1-16(2,3)12-8-11(22-24-12)14(23)15(19-4)21-20-10-7-5-6-9(17)13(10)18/h5-8,20H,1-3H3/b21-15+. The first-order valence-corrected chi connectivity index (χ1v) is 7.66. The molecule has 6 nitrogen and oxygen atoms in total. The summed E-state index contributed by atoms with van der Waals surface area (Å²) in [7, 11) is 0. The van der Waals surface area contributed by atoms with Crippen LogP contribution in [0.2, 0.25) is 10.0 Å². The van der Waals surface area contributed by atoms with Crippen molar-refractivity contribution in [3.8, 4) is 0 Å². The van der Waals surface area contributed by atoms with Crippen LogP contribution in [0.1, 0.15) is 37.0 Å². The van der Waals surface area contributed by atoms with Crippen LogP contribution in [0.4, 0.5) is 5.69 Å². The van der Waals surface area contributed by atoms with Crippen LogP contribution in [0.25, 0.3) is 4.85 Å². The molecule has 0 saturated carbocycles. The van der Waals surface area contributed by atoms with Gasteiger partial charge < -0.3 is 9.37 Å². The molecule has 0 bridgehead atoms. The molecule has 0 aliphatic rings. The number of rotatable bonds is 4. The van der Waals surface area contributed by atoms with Gasteiger partial charge in [-0.05, 0) is 17.2 Å². The molecule has 1 N–H and O–H groups in total. The van der Waals surface area contributed by atoms with Crippen molar-refractivity contribution in [2.45, 2.75) is 26.2 Å². The summed E-state index contributed by atoms with van der Waals surface area (Å²) in [6.07, 6.45) is 0. The quantitative estimate of drug-likeness (QED) is 0.278. The summed E-state index contributed by atoms with van der Waals surface area (Å²) in [5.41, 5.74) is 2.68. The molecule has 0 amide bonds. The highest BCUT2D eigenvalue weighted by Crippen LogP contribution is 2.29. The SMILES string of the molecule is [C-]#[N+]/C(=N/Nc1cccc(Cl)c1Cl)C(=O)c1cc(C(C)(C)C)on1. The van der Waals surface area contributed by atoms with E-state index in [1.54, 1.807) is 18.2 Å².